The second-order valence-corrected chi connectivity index (χ2v) is 6.10. The number of amides is 1. The van der Waals surface area contributed by atoms with Gasteiger partial charge in [-0.15, -0.1) is 0 Å². The van der Waals surface area contributed by atoms with Crippen LogP contribution < -0.4 is 11.1 Å². The molecule has 130 valence electrons. The predicted octanol–water partition coefficient (Wildman–Crippen LogP) is 1.82. The van der Waals surface area contributed by atoms with Crippen molar-refractivity contribution in [1.82, 2.24) is 5.32 Å². The smallest absolute Gasteiger partial charge is 0.404 e. The number of rotatable bonds is 10. The molecule has 0 aliphatic rings. The van der Waals surface area contributed by atoms with Gasteiger partial charge in [-0.05, 0) is 23.8 Å². The third-order valence-electron chi connectivity index (χ3n) is 3.96. The van der Waals surface area contributed by atoms with Crippen LogP contribution in [0.5, 0.6) is 0 Å². The van der Waals surface area contributed by atoms with Crippen molar-refractivity contribution in [2.24, 2.45) is 17.6 Å². The minimum absolute atomic E-state index is 0.0145. The SMILES string of the molecule is CC(C)[C@@H](COCc1ccccc1)C[C@H](NC(=O)O)[C@@H](O)CN. The molecule has 0 heterocycles. The van der Waals surface area contributed by atoms with E-state index < -0.39 is 18.2 Å². The lowest BCUT2D eigenvalue weighted by Crippen LogP contribution is -2.47. The van der Waals surface area contributed by atoms with Crippen molar-refractivity contribution in [1.29, 1.82) is 0 Å². The van der Waals surface area contributed by atoms with Gasteiger partial charge in [-0.25, -0.2) is 4.79 Å². The Hall–Kier alpha value is -1.63. The molecule has 5 N–H and O–H groups in total. The summed E-state index contributed by atoms with van der Waals surface area (Å²) in [7, 11) is 0. The molecule has 0 aromatic heterocycles. The number of aliphatic hydroxyl groups is 1. The second kappa shape index (κ2) is 10.2. The monoisotopic (exact) mass is 324 g/mol. The Kier molecular flexibility index (Phi) is 8.61. The number of carboxylic acid groups (broad SMARTS) is 1. The van der Waals surface area contributed by atoms with Crippen LogP contribution in [-0.4, -0.2) is 41.6 Å². The average Bonchev–Trinajstić information content (AvgIpc) is 2.52. The normalized spacial score (nSPS) is 15.2. The van der Waals surface area contributed by atoms with E-state index in [0.29, 0.717) is 25.6 Å². The van der Waals surface area contributed by atoms with Crippen LogP contribution in [0.4, 0.5) is 4.79 Å². The Balaban J connectivity index is 2.56. The molecular weight excluding hydrogens is 296 g/mol. The first-order chi connectivity index (χ1) is 10.9. The van der Waals surface area contributed by atoms with Gasteiger partial charge in [0.15, 0.2) is 0 Å². The van der Waals surface area contributed by atoms with Crippen LogP contribution in [0.3, 0.4) is 0 Å². The first-order valence-electron chi connectivity index (χ1n) is 7.93. The standard InChI is InChI=1S/C17H28N2O4/c1-12(2)14(8-15(16(20)9-18)19-17(21)22)11-23-10-13-6-4-3-5-7-13/h3-7,12,14-16,19-20H,8-11,18H2,1-2H3,(H,21,22)/t14-,15+,16+/m1/s1. The quantitative estimate of drug-likeness (QED) is 0.525. The molecule has 0 saturated carbocycles. The molecule has 0 radical (unpaired) electrons. The molecule has 1 aromatic carbocycles. The summed E-state index contributed by atoms with van der Waals surface area (Å²) in [6, 6.07) is 9.28. The van der Waals surface area contributed by atoms with E-state index in [1.807, 2.05) is 30.3 Å². The van der Waals surface area contributed by atoms with Gasteiger partial charge >= 0.3 is 6.09 Å². The van der Waals surface area contributed by atoms with Crippen molar-refractivity contribution >= 4 is 6.09 Å². The third kappa shape index (κ3) is 7.45. The number of benzene rings is 1. The first-order valence-corrected chi connectivity index (χ1v) is 7.93. The summed E-state index contributed by atoms with van der Waals surface area (Å²) in [4.78, 5) is 10.9. The van der Waals surface area contributed by atoms with Crippen molar-refractivity contribution in [3.05, 3.63) is 35.9 Å². The fraction of sp³-hybridized carbons (Fsp3) is 0.588. The van der Waals surface area contributed by atoms with E-state index in [9.17, 15) is 9.90 Å². The number of aliphatic hydroxyl groups excluding tert-OH is 1. The van der Waals surface area contributed by atoms with E-state index in [1.54, 1.807) is 0 Å². The van der Waals surface area contributed by atoms with Crippen LogP contribution in [0.1, 0.15) is 25.8 Å². The number of nitrogens with two attached hydrogens (primary N) is 1. The van der Waals surface area contributed by atoms with Crippen molar-refractivity contribution in [3.63, 3.8) is 0 Å². The average molecular weight is 324 g/mol. The molecule has 0 bridgehead atoms. The maximum Gasteiger partial charge on any atom is 0.404 e. The summed E-state index contributed by atoms with van der Waals surface area (Å²) in [5.74, 6) is 0.422. The van der Waals surface area contributed by atoms with Crippen molar-refractivity contribution in [2.75, 3.05) is 13.2 Å². The summed E-state index contributed by atoms with van der Waals surface area (Å²) in [5, 5.41) is 21.2. The van der Waals surface area contributed by atoms with E-state index >= 15 is 0 Å². The van der Waals surface area contributed by atoms with E-state index in [-0.39, 0.29) is 12.5 Å². The Morgan fingerprint density at radius 2 is 1.96 bits per heavy atom. The molecule has 0 fully saturated rings. The first kappa shape index (κ1) is 19.4. The van der Waals surface area contributed by atoms with E-state index in [2.05, 4.69) is 19.2 Å². The second-order valence-electron chi connectivity index (χ2n) is 6.10. The van der Waals surface area contributed by atoms with Crippen LogP contribution in [-0.2, 0) is 11.3 Å². The highest BCUT2D eigenvalue weighted by Gasteiger charge is 2.26. The van der Waals surface area contributed by atoms with Crippen LogP contribution in [0.25, 0.3) is 0 Å². The number of nitrogens with one attached hydrogen (secondary N) is 1. The number of ether oxygens (including phenoxy) is 1. The van der Waals surface area contributed by atoms with Gasteiger partial charge in [0, 0.05) is 6.54 Å². The summed E-state index contributed by atoms with van der Waals surface area (Å²) in [6.45, 7) is 5.15. The van der Waals surface area contributed by atoms with E-state index in [4.69, 9.17) is 15.6 Å². The number of carbonyl (C=O) groups is 1. The van der Waals surface area contributed by atoms with Gasteiger partial charge in [-0.3, -0.25) is 0 Å². The summed E-state index contributed by atoms with van der Waals surface area (Å²) >= 11 is 0. The molecule has 6 heteroatoms. The highest BCUT2D eigenvalue weighted by molar-refractivity contribution is 5.64. The zero-order chi connectivity index (χ0) is 17.2. The lowest BCUT2D eigenvalue weighted by Gasteiger charge is -2.28. The number of hydrogen-bond donors (Lipinski definition) is 4. The fourth-order valence-electron chi connectivity index (χ4n) is 2.40. The maximum absolute atomic E-state index is 10.9. The summed E-state index contributed by atoms with van der Waals surface area (Å²) < 4.78 is 5.77. The van der Waals surface area contributed by atoms with Crippen LogP contribution in [0.2, 0.25) is 0 Å². The van der Waals surface area contributed by atoms with E-state index in [1.165, 1.54) is 0 Å². The highest BCUT2D eigenvalue weighted by Crippen LogP contribution is 2.20. The van der Waals surface area contributed by atoms with Crippen molar-refractivity contribution in [2.45, 2.75) is 39.0 Å². The fourth-order valence-corrected chi connectivity index (χ4v) is 2.40. The van der Waals surface area contributed by atoms with Gasteiger partial charge in [0.1, 0.15) is 0 Å². The topological polar surface area (TPSA) is 105 Å². The largest absolute Gasteiger partial charge is 0.465 e. The van der Waals surface area contributed by atoms with Crippen molar-refractivity contribution < 1.29 is 19.7 Å². The Morgan fingerprint density at radius 1 is 1.30 bits per heavy atom. The maximum atomic E-state index is 10.9. The summed E-state index contributed by atoms with van der Waals surface area (Å²) in [6.07, 6.45) is -1.58. The molecule has 0 unspecified atom stereocenters. The molecule has 6 nitrogen and oxygen atoms in total. The zero-order valence-electron chi connectivity index (χ0n) is 13.8. The Morgan fingerprint density at radius 3 is 2.48 bits per heavy atom. The lowest BCUT2D eigenvalue weighted by molar-refractivity contribution is 0.0487. The van der Waals surface area contributed by atoms with Gasteiger partial charge in [0.25, 0.3) is 0 Å². The molecule has 0 spiro atoms. The molecule has 0 saturated heterocycles. The molecule has 3 atom stereocenters. The van der Waals surface area contributed by atoms with Gasteiger partial charge in [-0.1, -0.05) is 44.2 Å². The zero-order valence-corrected chi connectivity index (χ0v) is 13.8. The highest BCUT2D eigenvalue weighted by atomic mass is 16.5. The van der Waals surface area contributed by atoms with Crippen LogP contribution in [0, 0.1) is 11.8 Å². The van der Waals surface area contributed by atoms with Crippen LogP contribution >= 0.6 is 0 Å². The molecule has 1 amide bonds. The minimum atomic E-state index is -1.16. The molecule has 0 aliphatic carbocycles. The molecule has 0 aliphatic heterocycles. The van der Waals surface area contributed by atoms with Gasteiger partial charge in [0.05, 0.1) is 25.4 Å². The van der Waals surface area contributed by atoms with Crippen LogP contribution in [0.15, 0.2) is 30.3 Å². The predicted molar refractivity (Wildman–Crippen MR) is 89.1 cm³/mol. The van der Waals surface area contributed by atoms with Gasteiger partial charge in [0.2, 0.25) is 0 Å². The van der Waals surface area contributed by atoms with Crippen molar-refractivity contribution in [3.8, 4) is 0 Å². The van der Waals surface area contributed by atoms with E-state index in [0.717, 1.165) is 5.56 Å². The van der Waals surface area contributed by atoms with Gasteiger partial charge < -0.3 is 26.0 Å². The van der Waals surface area contributed by atoms with Gasteiger partial charge in [-0.2, -0.15) is 0 Å². The molecular formula is C17H28N2O4. The molecule has 23 heavy (non-hydrogen) atoms. The lowest BCUT2D eigenvalue weighted by atomic mass is 9.88. The third-order valence-corrected chi connectivity index (χ3v) is 3.96. The Labute approximate surface area is 137 Å². The number of hydrogen-bond acceptors (Lipinski definition) is 4. The molecule has 1 rings (SSSR count). The summed E-state index contributed by atoms with van der Waals surface area (Å²) in [5.41, 5.74) is 6.56. The minimum Gasteiger partial charge on any atom is -0.465 e. The molecule has 1 aromatic rings. The Bertz CT molecular complexity index is 453.